The van der Waals surface area contributed by atoms with E-state index in [1.54, 1.807) is 0 Å². The van der Waals surface area contributed by atoms with Gasteiger partial charge in [0.05, 0.1) is 0 Å². The molecule has 0 saturated carbocycles. The second kappa shape index (κ2) is 10.4. The van der Waals surface area contributed by atoms with Crippen LogP contribution >= 0.6 is 40.4 Å². The van der Waals surface area contributed by atoms with Crippen LogP contribution in [0.2, 0.25) is 0 Å². The molecule has 0 aromatic heterocycles. The first-order chi connectivity index (χ1) is 3.15. The Morgan fingerprint density at radius 1 is 1.57 bits per heavy atom. The fourth-order valence-electron chi connectivity index (χ4n) is 0. The minimum atomic E-state index is -1.67. The molecule has 0 rings (SSSR count). The summed E-state index contributed by atoms with van der Waals surface area (Å²) >= 11 is 4.53. The molecule has 0 aromatic rings. The van der Waals surface area contributed by atoms with Crippen LogP contribution in [-0.2, 0) is 14.2 Å². The van der Waals surface area contributed by atoms with Gasteiger partial charge in [-0.05, 0) is 0 Å². The van der Waals surface area contributed by atoms with E-state index in [2.05, 4.69) is 32.6 Å². The largest absolute Gasteiger partial charge is 0.582 e. The fourth-order valence-corrected chi connectivity index (χ4v) is 0. The van der Waals surface area contributed by atoms with E-state index in [-0.39, 0.29) is 0 Å². The molecule has 7 heavy (non-hydrogen) atoms. The van der Waals surface area contributed by atoms with Crippen LogP contribution in [0.4, 0.5) is 0 Å². The van der Waals surface area contributed by atoms with Crippen molar-refractivity contribution < 1.29 is 9.12 Å². The Bertz CT molecular complexity index is 37.2. The molecule has 0 aliphatic heterocycles. The topological polar surface area (TPSA) is 40.1 Å². The standard InChI is InChI=1S/Cl2OS.ClH2OP/c1-4(2)3;1-3-2/h;3H2. The summed E-state index contributed by atoms with van der Waals surface area (Å²) < 4.78 is 17.9. The molecule has 1 atom stereocenters. The van der Waals surface area contributed by atoms with E-state index >= 15 is 0 Å². The number of rotatable bonds is 0. The quantitative estimate of drug-likeness (QED) is 0.446. The second-order valence-corrected chi connectivity index (χ2v) is 3.51. The van der Waals surface area contributed by atoms with E-state index in [9.17, 15) is 0 Å². The molecule has 0 N–H and O–H groups in total. The summed E-state index contributed by atoms with van der Waals surface area (Å²) in [6.07, 6.45) is 0. The van der Waals surface area contributed by atoms with Crippen molar-refractivity contribution in [1.29, 1.82) is 0 Å². The van der Waals surface area contributed by atoms with Crippen molar-refractivity contribution >= 4 is 50.0 Å². The monoisotopic (exact) mass is 202 g/mol. The molecule has 1 unspecified atom stereocenters. The van der Waals surface area contributed by atoms with Gasteiger partial charge in [0.1, 0.15) is 7.81 Å². The van der Waals surface area contributed by atoms with Crippen LogP contribution in [0.1, 0.15) is 0 Å². The molecular formula is H2Cl3O2PS. The van der Waals surface area contributed by atoms with Gasteiger partial charge in [-0.2, -0.15) is 0 Å². The van der Waals surface area contributed by atoms with Crippen molar-refractivity contribution in [1.82, 2.24) is 0 Å². The van der Waals surface area contributed by atoms with Gasteiger partial charge in [0, 0.05) is 0 Å². The fraction of sp³-hybridized carbons (Fsp3) is 0. The van der Waals surface area contributed by atoms with E-state index in [4.69, 9.17) is 9.12 Å². The molecule has 46 valence electrons. The highest BCUT2D eigenvalue weighted by Crippen LogP contribution is 1.98. The van der Waals surface area contributed by atoms with E-state index in [0.29, 0.717) is 0 Å². The summed E-state index contributed by atoms with van der Waals surface area (Å²) in [7, 11) is 6.33. The zero-order chi connectivity index (χ0) is 6.28. The summed E-state index contributed by atoms with van der Waals surface area (Å²) in [6.45, 7) is 0. The van der Waals surface area contributed by atoms with Crippen LogP contribution in [0.25, 0.3) is 0 Å². The molecule has 0 heterocycles. The van der Waals surface area contributed by atoms with Crippen LogP contribution in [0.5, 0.6) is 0 Å². The first-order valence-corrected chi connectivity index (χ1v) is 5.95. The predicted molar refractivity (Wildman–Crippen MR) is 36.1 cm³/mol. The number of hydrogen-bond acceptors (Lipinski definition) is 2. The third-order valence-electron chi connectivity index (χ3n) is 0. The van der Waals surface area contributed by atoms with Crippen LogP contribution in [0.15, 0.2) is 0 Å². The lowest BCUT2D eigenvalue weighted by Crippen LogP contribution is -1.63. The van der Waals surface area contributed by atoms with Crippen LogP contribution < -0.4 is 0 Å². The van der Waals surface area contributed by atoms with Gasteiger partial charge in [-0.3, -0.25) is 0 Å². The van der Waals surface area contributed by atoms with Crippen molar-refractivity contribution in [2.75, 3.05) is 0 Å². The van der Waals surface area contributed by atoms with Gasteiger partial charge in [0.15, 0.2) is 31.0 Å². The summed E-state index contributed by atoms with van der Waals surface area (Å²) in [6, 6.07) is 0. The maximum atomic E-state index is 9.09. The Kier molecular flexibility index (Phi) is 16.7. The first-order valence-electron chi connectivity index (χ1n) is 0.929. The highest BCUT2D eigenvalue weighted by molar-refractivity contribution is 8.31. The molecule has 0 aliphatic carbocycles. The normalized spacial score (nSPS) is 9.29. The number of hydrogen-bond donors (Lipinski definition) is 0. The lowest BCUT2D eigenvalue weighted by Gasteiger charge is -1.73. The van der Waals surface area contributed by atoms with Gasteiger partial charge in [0.25, 0.3) is 0 Å². The Morgan fingerprint density at radius 3 is 1.57 bits per heavy atom. The molecule has 0 saturated heterocycles. The highest BCUT2D eigenvalue weighted by atomic mass is 36.0. The predicted octanol–water partition coefficient (Wildman–Crippen LogP) is 1.94. The second-order valence-electron chi connectivity index (χ2n) is 0.273. The maximum absolute atomic E-state index is 9.09. The minimum Gasteiger partial charge on any atom is -0.582 e. The lowest BCUT2D eigenvalue weighted by atomic mass is 15.9. The average molecular weight is 203 g/mol. The van der Waals surface area contributed by atoms with E-state index in [0.717, 1.165) is 0 Å². The molecule has 0 aliphatic rings. The molecule has 0 aromatic carbocycles. The molecule has 0 amide bonds. The smallest absolute Gasteiger partial charge is 0.198 e. The molecule has 0 bridgehead atoms. The summed E-state index contributed by atoms with van der Waals surface area (Å²) in [5.41, 5.74) is 0. The molecule has 0 fully saturated rings. The molecule has 2 nitrogen and oxygen atoms in total. The van der Waals surface area contributed by atoms with Crippen molar-refractivity contribution in [2.24, 2.45) is 0 Å². The maximum Gasteiger partial charge on any atom is 0.198 e. The van der Waals surface area contributed by atoms with Crippen LogP contribution in [0, 0.1) is 0 Å². The van der Waals surface area contributed by atoms with Gasteiger partial charge in [-0.1, -0.05) is 11.2 Å². The van der Waals surface area contributed by atoms with E-state index in [1.165, 1.54) is 0 Å². The molecule has 0 radical (unpaired) electrons. The van der Waals surface area contributed by atoms with Crippen molar-refractivity contribution in [3.8, 4) is 0 Å². The summed E-state index contributed by atoms with van der Waals surface area (Å²) in [5, 5.41) is 0. The Balaban J connectivity index is 0. The van der Waals surface area contributed by atoms with Crippen LogP contribution in [-0.4, -0.2) is 4.55 Å². The SMILES string of the molecule is O=[PH2]Cl.[O-][S+](Cl)Cl. The van der Waals surface area contributed by atoms with Gasteiger partial charge in [0.2, 0.25) is 0 Å². The minimum absolute atomic E-state index is 1.03. The van der Waals surface area contributed by atoms with Crippen molar-refractivity contribution in [3.05, 3.63) is 0 Å². The van der Waals surface area contributed by atoms with Gasteiger partial charge < -0.3 is 9.12 Å². The molecule has 0 spiro atoms. The Labute approximate surface area is 59.3 Å². The number of halogens is 3. The first kappa shape index (κ1) is 11.2. The average Bonchev–Trinajstić information content (AvgIpc) is 1.33. The third kappa shape index (κ3) is 109. The van der Waals surface area contributed by atoms with E-state index < -0.39 is 17.4 Å². The zero-order valence-electron chi connectivity index (χ0n) is 2.94. The third-order valence-corrected chi connectivity index (χ3v) is 0. The Hall–Kier alpha value is 1.41. The van der Waals surface area contributed by atoms with Crippen molar-refractivity contribution in [3.63, 3.8) is 0 Å². The van der Waals surface area contributed by atoms with E-state index in [1.807, 2.05) is 0 Å². The van der Waals surface area contributed by atoms with Gasteiger partial charge in [-0.15, -0.1) is 0 Å². The van der Waals surface area contributed by atoms with Gasteiger partial charge in [-0.25, -0.2) is 0 Å². The lowest BCUT2D eigenvalue weighted by molar-refractivity contribution is 0.605. The van der Waals surface area contributed by atoms with Crippen molar-refractivity contribution in [2.45, 2.75) is 0 Å². The molecule has 7 heteroatoms. The zero-order valence-corrected chi connectivity index (χ0v) is 7.17. The molecular weight excluding hydrogens is 201 g/mol. The van der Waals surface area contributed by atoms with Gasteiger partial charge >= 0.3 is 0 Å². The Morgan fingerprint density at radius 2 is 1.57 bits per heavy atom. The summed E-state index contributed by atoms with van der Waals surface area (Å²) in [5.74, 6) is 0. The summed E-state index contributed by atoms with van der Waals surface area (Å²) in [4.78, 5) is 0. The van der Waals surface area contributed by atoms with Crippen LogP contribution in [0.3, 0.4) is 0 Å². The highest BCUT2D eigenvalue weighted by Gasteiger charge is 1.83.